The summed E-state index contributed by atoms with van der Waals surface area (Å²) in [5, 5.41) is 27.5. The molecule has 0 saturated heterocycles. The molecular formula is C17H18ClFN4O3. The second-order valence-electron chi connectivity index (χ2n) is 5.46. The van der Waals surface area contributed by atoms with Crippen LogP contribution in [0.3, 0.4) is 0 Å². The Morgan fingerprint density at radius 3 is 2.50 bits per heavy atom. The lowest BCUT2D eigenvalue weighted by Crippen LogP contribution is -2.14. The third kappa shape index (κ3) is 3.36. The fourth-order valence-electron chi connectivity index (χ4n) is 2.54. The van der Waals surface area contributed by atoms with E-state index in [1.165, 1.54) is 37.4 Å². The summed E-state index contributed by atoms with van der Waals surface area (Å²) < 4.78 is 20.3. The summed E-state index contributed by atoms with van der Waals surface area (Å²) in [6.07, 6.45) is 0. The van der Waals surface area contributed by atoms with E-state index in [-0.39, 0.29) is 18.2 Å². The first-order valence-electron chi connectivity index (χ1n) is 7.41. The third-order valence-electron chi connectivity index (χ3n) is 3.89. The number of aromatic hydroxyl groups is 2. The minimum Gasteiger partial charge on any atom is -0.508 e. The predicted octanol–water partition coefficient (Wildman–Crippen LogP) is 3.23. The van der Waals surface area contributed by atoms with Crippen LogP contribution in [-0.4, -0.2) is 39.1 Å². The van der Waals surface area contributed by atoms with Gasteiger partial charge in [0.15, 0.2) is 17.4 Å². The number of methoxy groups -OCH3 is 1. The van der Waals surface area contributed by atoms with Crippen LogP contribution in [0.4, 0.5) is 16.0 Å². The van der Waals surface area contributed by atoms with E-state index in [1.807, 2.05) is 0 Å². The van der Waals surface area contributed by atoms with Gasteiger partial charge in [-0.05, 0) is 24.3 Å². The molecule has 9 heteroatoms. The molecule has 0 aliphatic rings. The van der Waals surface area contributed by atoms with Crippen LogP contribution in [0.15, 0.2) is 36.4 Å². The quantitative estimate of drug-likeness (QED) is 0.723. The number of hydrogen-bond acceptors (Lipinski definition) is 6. The minimum atomic E-state index is -0.690. The van der Waals surface area contributed by atoms with E-state index in [9.17, 15) is 14.6 Å². The van der Waals surface area contributed by atoms with E-state index in [0.29, 0.717) is 28.8 Å². The van der Waals surface area contributed by atoms with Crippen molar-refractivity contribution in [2.24, 2.45) is 7.05 Å². The van der Waals surface area contributed by atoms with Crippen LogP contribution < -0.4 is 9.64 Å². The standard InChI is InChI=1S/C17H17FN4O3.ClH/c1-21(10-4-7-13(18)14(24)8-10)17-20-19-16(22(17)2)12-6-5-11(23)9-15(12)25-3;/h4-9,23-24H,1-3H3;1H. The number of anilines is 2. The SMILES string of the molecule is COc1cc(O)ccc1-c1nnc(N(C)c2ccc(F)c(O)c2)n1C.Cl. The summed E-state index contributed by atoms with van der Waals surface area (Å²) in [7, 11) is 5.01. The molecule has 2 aromatic carbocycles. The second-order valence-corrected chi connectivity index (χ2v) is 5.46. The molecule has 3 rings (SSSR count). The highest BCUT2D eigenvalue weighted by molar-refractivity contribution is 5.85. The number of hydrogen-bond donors (Lipinski definition) is 2. The third-order valence-corrected chi connectivity index (χ3v) is 3.89. The van der Waals surface area contributed by atoms with E-state index in [0.717, 1.165) is 0 Å². The molecule has 0 unspecified atom stereocenters. The predicted molar refractivity (Wildman–Crippen MR) is 98.0 cm³/mol. The van der Waals surface area contributed by atoms with Crippen molar-refractivity contribution in [2.45, 2.75) is 0 Å². The van der Waals surface area contributed by atoms with Crippen LogP contribution in [0.25, 0.3) is 11.4 Å². The molecule has 0 saturated carbocycles. The normalized spacial score (nSPS) is 10.3. The Balaban J connectivity index is 0.00000243. The second kappa shape index (κ2) is 7.49. The lowest BCUT2D eigenvalue weighted by molar-refractivity contribution is 0.409. The van der Waals surface area contributed by atoms with Crippen LogP contribution in [0, 0.1) is 5.82 Å². The summed E-state index contributed by atoms with van der Waals surface area (Å²) in [6, 6.07) is 8.74. The van der Waals surface area contributed by atoms with E-state index in [1.54, 1.807) is 29.6 Å². The number of nitrogens with zero attached hydrogens (tertiary/aromatic N) is 4. The van der Waals surface area contributed by atoms with Gasteiger partial charge in [-0.2, -0.15) is 0 Å². The summed E-state index contributed by atoms with van der Waals surface area (Å²) >= 11 is 0. The Morgan fingerprint density at radius 1 is 1.12 bits per heavy atom. The zero-order valence-electron chi connectivity index (χ0n) is 14.3. The summed E-state index contributed by atoms with van der Waals surface area (Å²) in [4.78, 5) is 1.67. The van der Waals surface area contributed by atoms with E-state index >= 15 is 0 Å². The lowest BCUT2D eigenvalue weighted by atomic mass is 10.2. The van der Waals surface area contributed by atoms with Crippen LogP contribution >= 0.6 is 12.4 Å². The van der Waals surface area contributed by atoms with Gasteiger partial charge in [0, 0.05) is 31.9 Å². The molecule has 0 radical (unpaired) electrons. The van der Waals surface area contributed by atoms with Crippen molar-refractivity contribution in [1.29, 1.82) is 0 Å². The molecule has 0 spiro atoms. The van der Waals surface area contributed by atoms with Crippen molar-refractivity contribution in [3.05, 3.63) is 42.2 Å². The molecular weight excluding hydrogens is 363 g/mol. The summed E-state index contributed by atoms with van der Waals surface area (Å²) in [5.74, 6) is 0.434. The van der Waals surface area contributed by atoms with E-state index in [2.05, 4.69) is 10.2 Å². The minimum absolute atomic E-state index is 0. The maximum atomic E-state index is 13.2. The molecule has 0 aliphatic carbocycles. The number of phenolic OH excluding ortho intramolecular Hbond substituents is 2. The van der Waals surface area contributed by atoms with Gasteiger partial charge in [0.25, 0.3) is 0 Å². The fourth-order valence-corrected chi connectivity index (χ4v) is 2.54. The van der Waals surface area contributed by atoms with Gasteiger partial charge in [-0.1, -0.05) is 0 Å². The van der Waals surface area contributed by atoms with Gasteiger partial charge in [0.1, 0.15) is 11.5 Å². The van der Waals surface area contributed by atoms with Crippen molar-refractivity contribution in [3.8, 4) is 28.6 Å². The first kappa shape index (κ1) is 19.3. The van der Waals surface area contributed by atoms with Gasteiger partial charge < -0.3 is 19.8 Å². The highest BCUT2D eigenvalue weighted by atomic mass is 35.5. The molecule has 1 heterocycles. The Hall–Kier alpha value is -3.00. The number of rotatable bonds is 4. The molecule has 26 heavy (non-hydrogen) atoms. The Kier molecular flexibility index (Phi) is 5.56. The smallest absolute Gasteiger partial charge is 0.231 e. The average Bonchev–Trinajstić information content (AvgIpc) is 2.98. The highest BCUT2D eigenvalue weighted by Crippen LogP contribution is 2.34. The Morgan fingerprint density at radius 2 is 1.85 bits per heavy atom. The van der Waals surface area contributed by atoms with E-state index < -0.39 is 11.6 Å². The molecule has 0 fully saturated rings. The topological polar surface area (TPSA) is 83.6 Å². The molecule has 0 atom stereocenters. The average molecular weight is 381 g/mol. The molecule has 2 N–H and O–H groups in total. The largest absolute Gasteiger partial charge is 0.508 e. The Bertz CT molecular complexity index is 932. The van der Waals surface area contributed by atoms with Crippen LogP contribution in [-0.2, 0) is 7.05 Å². The van der Waals surface area contributed by atoms with Crippen molar-refractivity contribution in [3.63, 3.8) is 0 Å². The van der Waals surface area contributed by atoms with Gasteiger partial charge in [0.2, 0.25) is 5.95 Å². The first-order chi connectivity index (χ1) is 11.9. The molecule has 0 bridgehead atoms. The molecule has 0 aliphatic heterocycles. The van der Waals surface area contributed by atoms with Crippen LogP contribution in [0.5, 0.6) is 17.2 Å². The fraction of sp³-hybridized carbons (Fsp3) is 0.176. The first-order valence-corrected chi connectivity index (χ1v) is 7.41. The number of ether oxygens (including phenoxy) is 1. The molecule has 138 valence electrons. The van der Waals surface area contributed by atoms with E-state index in [4.69, 9.17) is 4.74 Å². The van der Waals surface area contributed by atoms with Crippen molar-refractivity contribution >= 4 is 24.0 Å². The Labute approximate surface area is 155 Å². The number of benzene rings is 2. The molecule has 7 nitrogen and oxygen atoms in total. The lowest BCUT2D eigenvalue weighted by Gasteiger charge is -2.18. The van der Waals surface area contributed by atoms with Gasteiger partial charge in [-0.25, -0.2) is 4.39 Å². The van der Waals surface area contributed by atoms with Crippen LogP contribution in [0.2, 0.25) is 0 Å². The number of halogens is 2. The van der Waals surface area contributed by atoms with Crippen molar-refractivity contribution < 1.29 is 19.3 Å². The number of aromatic nitrogens is 3. The van der Waals surface area contributed by atoms with Crippen molar-refractivity contribution in [2.75, 3.05) is 19.1 Å². The maximum absolute atomic E-state index is 13.2. The maximum Gasteiger partial charge on any atom is 0.231 e. The summed E-state index contributed by atoms with van der Waals surface area (Å²) in [5.41, 5.74) is 1.22. The summed E-state index contributed by atoms with van der Waals surface area (Å²) in [6.45, 7) is 0. The van der Waals surface area contributed by atoms with Crippen LogP contribution in [0.1, 0.15) is 0 Å². The zero-order chi connectivity index (χ0) is 18.1. The number of phenols is 2. The van der Waals surface area contributed by atoms with Crippen molar-refractivity contribution in [1.82, 2.24) is 14.8 Å². The van der Waals surface area contributed by atoms with Gasteiger partial charge in [0.05, 0.1) is 12.7 Å². The zero-order valence-corrected chi connectivity index (χ0v) is 15.2. The van der Waals surface area contributed by atoms with Gasteiger partial charge in [-0.3, -0.25) is 4.57 Å². The molecule has 0 amide bonds. The molecule has 1 aromatic heterocycles. The van der Waals surface area contributed by atoms with Gasteiger partial charge >= 0.3 is 0 Å². The molecule has 3 aromatic rings. The monoisotopic (exact) mass is 380 g/mol. The highest BCUT2D eigenvalue weighted by Gasteiger charge is 2.19. The van der Waals surface area contributed by atoms with Gasteiger partial charge in [-0.15, -0.1) is 22.6 Å².